The van der Waals surface area contributed by atoms with Crippen LogP contribution in [0, 0.1) is 0 Å². The van der Waals surface area contributed by atoms with Crippen molar-refractivity contribution in [3.8, 4) is 0 Å². The highest BCUT2D eigenvalue weighted by atomic mass is 16.5. The SMILES string of the molecule is [NH]CCN1CCOCC1. The second-order valence-electron chi connectivity index (χ2n) is 2.20. The van der Waals surface area contributed by atoms with E-state index in [0.29, 0.717) is 6.54 Å². The molecule has 1 aliphatic rings. The number of rotatable bonds is 2. The summed E-state index contributed by atoms with van der Waals surface area (Å²) >= 11 is 0. The van der Waals surface area contributed by atoms with Crippen LogP contribution in [0.5, 0.6) is 0 Å². The van der Waals surface area contributed by atoms with Crippen molar-refractivity contribution in [2.45, 2.75) is 0 Å². The minimum Gasteiger partial charge on any atom is -0.379 e. The molecule has 1 radical (unpaired) electrons. The second kappa shape index (κ2) is 3.82. The van der Waals surface area contributed by atoms with Gasteiger partial charge < -0.3 is 4.74 Å². The van der Waals surface area contributed by atoms with Gasteiger partial charge in [0, 0.05) is 26.2 Å². The van der Waals surface area contributed by atoms with Gasteiger partial charge in [-0.05, 0) is 0 Å². The van der Waals surface area contributed by atoms with Gasteiger partial charge in [-0.15, -0.1) is 0 Å². The van der Waals surface area contributed by atoms with Crippen molar-refractivity contribution in [2.75, 3.05) is 39.4 Å². The summed E-state index contributed by atoms with van der Waals surface area (Å²) in [5, 5.41) is 0. The molecule has 0 atom stereocenters. The zero-order valence-corrected chi connectivity index (χ0v) is 5.60. The number of hydrogen-bond acceptors (Lipinski definition) is 2. The van der Waals surface area contributed by atoms with E-state index in [1.54, 1.807) is 0 Å². The number of nitrogens with zero attached hydrogens (tertiary/aromatic N) is 1. The Morgan fingerprint density at radius 3 is 2.56 bits per heavy atom. The molecule has 0 aromatic rings. The summed E-state index contributed by atoms with van der Waals surface area (Å²) in [5.74, 6) is 0. The average Bonchev–Trinajstić information content (AvgIpc) is 1.91. The maximum absolute atomic E-state index is 6.96. The summed E-state index contributed by atoms with van der Waals surface area (Å²) in [6.45, 7) is 5.14. The smallest absolute Gasteiger partial charge is 0.0594 e. The first-order chi connectivity index (χ1) is 4.43. The van der Waals surface area contributed by atoms with Gasteiger partial charge in [-0.1, -0.05) is 0 Å². The highest BCUT2D eigenvalue weighted by Gasteiger charge is 2.07. The highest BCUT2D eigenvalue weighted by Crippen LogP contribution is 1.93. The Bertz CT molecular complexity index is 68.7. The van der Waals surface area contributed by atoms with Crippen LogP contribution in [0.15, 0.2) is 0 Å². The molecule has 53 valence electrons. The van der Waals surface area contributed by atoms with Crippen molar-refractivity contribution in [1.82, 2.24) is 10.6 Å². The Kier molecular flexibility index (Phi) is 2.97. The van der Waals surface area contributed by atoms with Gasteiger partial charge in [0.25, 0.3) is 0 Å². The molecule has 0 unspecified atom stereocenters. The molecule has 0 aromatic carbocycles. The first kappa shape index (κ1) is 6.99. The molecule has 0 spiro atoms. The normalized spacial score (nSPS) is 22.3. The van der Waals surface area contributed by atoms with Crippen LogP contribution in [-0.4, -0.2) is 44.3 Å². The Labute approximate surface area is 55.8 Å². The summed E-state index contributed by atoms with van der Waals surface area (Å²) in [4.78, 5) is 2.26. The summed E-state index contributed by atoms with van der Waals surface area (Å²) in [5.41, 5.74) is 6.96. The van der Waals surface area contributed by atoms with E-state index in [1.807, 2.05) is 0 Å². The summed E-state index contributed by atoms with van der Waals surface area (Å²) < 4.78 is 5.14. The Morgan fingerprint density at radius 2 is 2.00 bits per heavy atom. The van der Waals surface area contributed by atoms with Crippen molar-refractivity contribution in [2.24, 2.45) is 0 Å². The van der Waals surface area contributed by atoms with E-state index in [0.717, 1.165) is 32.8 Å². The molecule has 9 heavy (non-hydrogen) atoms. The van der Waals surface area contributed by atoms with E-state index >= 15 is 0 Å². The lowest BCUT2D eigenvalue weighted by molar-refractivity contribution is 0.0392. The fourth-order valence-electron chi connectivity index (χ4n) is 0.983. The van der Waals surface area contributed by atoms with Gasteiger partial charge in [0.2, 0.25) is 0 Å². The molecule has 1 rings (SSSR count). The van der Waals surface area contributed by atoms with E-state index < -0.39 is 0 Å². The fourth-order valence-corrected chi connectivity index (χ4v) is 0.983. The third kappa shape index (κ3) is 2.30. The Hall–Kier alpha value is -0.120. The van der Waals surface area contributed by atoms with Crippen molar-refractivity contribution in [3.63, 3.8) is 0 Å². The molecule has 0 aliphatic carbocycles. The van der Waals surface area contributed by atoms with Crippen molar-refractivity contribution in [3.05, 3.63) is 0 Å². The average molecular weight is 129 g/mol. The fraction of sp³-hybridized carbons (Fsp3) is 1.00. The third-order valence-electron chi connectivity index (χ3n) is 1.53. The third-order valence-corrected chi connectivity index (χ3v) is 1.53. The molecule has 0 saturated carbocycles. The summed E-state index contributed by atoms with van der Waals surface area (Å²) in [6, 6.07) is 0. The summed E-state index contributed by atoms with van der Waals surface area (Å²) in [6.07, 6.45) is 0. The molecule has 3 nitrogen and oxygen atoms in total. The van der Waals surface area contributed by atoms with Gasteiger partial charge >= 0.3 is 0 Å². The number of morpholine rings is 1. The van der Waals surface area contributed by atoms with Crippen LogP contribution in [0.3, 0.4) is 0 Å². The molecule has 0 aromatic heterocycles. The largest absolute Gasteiger partial charge is 0.379 e. The van der Waals surface area contributed by atoms with E-state index in [1.165, 1.54) is 0 Å². The monoisotopic (exact) mass is 129 g/mol. The van der Waals surface area contributed by atoms with Crippen LogP contribution in [0.25, 0.3) is 0 Å². The van der Waals surface area contributed by atoms with Crippen molar-refractivity contribution < 1.29 is 4.74 Å². The lowest BCUT2D eigenvalue weighted by Gasteiger charge is -2.25. The molecule has 3 heteroatoms. The minimum atomic E-state index is 0.514. The molecule has 1 heterocycles. The van der Waals surface area contributed by atoms with Gasteiger partial charge in [-0.25, -0.2) is 0 Å². The van der Waals surface area contributed by atoms with E-state index in [9.17, 15) is 0 Å². The molecular weight excluding hydrogens is 116 g/mol. The van der Waals surface area contributed by atoms with E-state index in [4.69, 9.17) is 10.5 Å². The predicted molar refractivity (Wildman–Crippen MR) is 35.2 cm³/mol. The van der Waals surface area contributed by atoms with Crippen LogP contribution in [0.4, 0.5) is 0 Å². The molecular formula is C6H13N2O. The van der Waals surface area contributed by atoms with Gasteiger partial charge in [0.05, 0.1) is 13.2 Å². The number of ether oxygens (including phenoxy) is 1. The lowest BCUT2D eigenvalue weighted by Crippen LogP contribution is -2.38. The molecule has 1 N–H and O–H groups in total. The molecule has 1 saturated heterocycles. The minimum absolute atomic E-state index is 0.514. The maximum Gasteiger partial charge on any atom is 0.0594 e. The topological polar surface area (TPSA) is 36.3 Å². The number of nitrogens with one attached hydrogen (secondary N) is 1. The van der Waals surface area contributed by atoms with Gasteiger partial charge in [-0.2, -0.15) is 0 Å². The molecule has 1 aliphatic heterocycles. The Morgan fingerprint density at radius 1 is 1.33 bits per heavy atom. The van der Waals surface area contributed by atoms with Crippen LogP contribution in [0.1, 0.15) is 0 Å². The van der Waals surface area contributed by atoms with Gasteiger partial charge in [0.1, 0.15) is 0 Å². The zero-order chi connectivity index (χ0) is 6.53. The molecule has 0 bridgehead atoms. The van der Waals surface area contributed by atoms with Crippen molar-refractivity contribution in [1.29, 1.82) is 0 Å². The quantitative estimate of drug-likeness (QED) is 0.508. The van der Waals surface area contributed by atoms with Crippen LogP contribution >= 0.6 is 0 Å². The summed E-state index contributed by atoms with van der Waals surface area (Å²) in [7, 11) is 0. The second-order valence-corrected chi connectivity index (χ2v) is 2.20. The standard InChI is InChI=1S/C6H13N2O/c7-1-2-8-3-5-9-6-4-8/h7H,1-6H2. The van der Waals surface area contributed by atoms with Crippen molar-refractivity contribution >= 4 is 0 Å². The molecule has 0 amide bonds. The highest BCUT2D eigenvalue weighted by molar-refractivity contribution is 4.60. The van der Waals surface area contributed by atoms with E-state index in [2.05, 4.69) is 4.90 Å². The molecule has 1 fully saturated rings. The lowest BCUT2D eigenvalue weighted by atomic mass is 10.4. The zero-order valence-electron chi connectivity index (χ0n) is 5.60. The Balaban J connectivity index is 2.08. The van der Waals surface area contributed by atoms with Gasteiger partial charge in [0.15, 0.2) is 0 Å². The van der Waals surface area contributed by atoms with Gasteiger partial charge in [-0.3, -0.25) is 10.6 Å². The van der Waals surface area contributed by atoms with Crippen LogP contribution in [-0.2, 0) is 4.74 Å². The van der Waals surface area contributed by atoms with E-state index in [-0.39, 0.29) is 0 Å². The predicted octanol–water partition coefficient (Wildman–Crippen LogP) is -0.399. The van der Waals surface area contributed by atoms with Crippen LogP contribution in [0.2, 0.25) is 0 Å². The van der Waals surface area contributed by atoms with Crippen LogP contribution < -0.4 is 5.73 Å². The first-order valence-electron chi connectivity index (χ1n) is 3.38. The first-order valence-corrected chi connectivity index (χ1v) is 3.38. The maximum atomic E-state index is 6.96. The number of hydrogen-bond donors (Lipinski definition) is 0.